The zero-order valence-corrected chi connectivity index (χ0v) is 8.24. The molecular formula is C10H11FN4. The lowest BCUT2D eigenvalue weighted by atomic mass is 10.3. The topological polar surface area (TPSA) is 55.9 Å². The van der Waals surface area contributed by atoms with Crippen LogP contribution in [0.1, 0.15) is 0 Å². The molecule has 0 bridgehead atoms. The van der Waals surface area contributed by atoms with E-state index in [9.17, 15) is 4.39 Å². The van der Waals surface area contributed by atoms with E-state index in [2.05, 4.69) is 10.4 Å². The van der Waals surface area contributed by atoms with E-state index >= 15 is 0 Å². The van der Waals surface area contributed by atoms with Crippen molar-refractivity contribution in [3.63, 3.8) is 0 Å². The van der Waals surface area contributed by atoms with E-state index in [4.69, 9.17) is 5.73 Å². The van der Waals surface area contributed by atoms with Crippen molar-refractivity contribution in [1.29, 1.82) is 0 Å². The van der Waals surface area contributed by atoms with Gasteiger partial charge in [0.1, 0.15) is 17.5 Å². The van der Waals surface area contributed by atoms with Crippen molar-refractivity contribution < 1.29 is 4.39 Å². The van der Waals surface area contributed by atoms with Crippen LogP contribution in [0.4, 0.5) is 16.0 Å². The highest BCUT2D eigenvalue weighted by molar-refractivity contribution is 5.50. The maximum absolute atomic E-state index is 12.7. The van der Waals surface area contributed by atoms with Crippen LogP contribution in [0.3, 0.4) is 0 Å². The van der Waals surface area contributed by atoms with E-state index in [1.54, 1.807) is 29.9 Å². The predicted molar refractivity (Wildman–Crippen MR) is 57.5 cm³/mol. The summed E-state index contributed by atoms with van der Waals surface area (Å²) < 4.78 is 14.2. The Morgan fingerprint density at radius 2 is 2.00 bits per heavy atom. The fourth-order valence-electron chi connectivity index (χ4n) is 1.31. The highest BCUT2D eigenvalue weighted by atomic mass is 19.1. The maximum Gasteiger partial charge on any atom is 0.150 e. The monoisotopic (exact) mass is 206 g/mol. The normalized spacial score (nSPS) is 10.3. The number of nitrogen functional groups attached to an aromatic ring is 1. The molecule has 1 aromatic carbocycles. The molecule has 0 aliphatic rings. The molecule has 3 N–H and O–H groups in total. The molecule has 0 radical (unpaired) electrons. The second-order valence-electron chi connectivity index (χ2n) is 3.09. The average molecular weight is 206 g/mol. The molecule has 0 fully saturated rings. The van der Waals surface area contributed by atoms with Crippen molar-refractivity contribution in [1.82, 2.24) is 9.78 Å². The first-order valence-electron chi connectivity index (χ1n) is 4.50. The number of benzene rings is 1. The lowest BCUT2D eigenvalue weighted by Crippen LogP contribution is -2.01. The minimum absolute atomic E-state index is 0.279. The minimum Gasteiger partial charge on any atom is -0.384 e. The number of hydrogen-bond donors (Lipinski definition) is 2. The van der Waals surface area contributed by atoms with Crippen LogP contribution in [-0.4, -0.2) is 16.8 Å². The van der Waals surface area contributed by atoms with E-state index in [1.165, 1.54) is 12.1 Å². The Kier molecular flexibility index (Phi) is 2.29. The van der Waals surface area contributed by atoms with Crippen molar-refractivity contribution in [3.05, 3.63) is 36.1 Å². The van der Waals surface area contributed by atoms with Gasteiger partial charge in [-0.1, -0.05) is 0 Å². The van der Waals surface area contributed by atoms with Gasteiger partial charge in [-0.05, 0) is 24.3 Å². The molecule has 4 nitrogen and oxygen atoms in total. The summed E-state index contributed by atoms with van der Waals surface area (Å²) in [7, 11) is 1.76. The van der Waals surface area contributed by atoms with Crippen LogP contribution in [-0.2, 0) is 0 Å². The Morgan fingerprint density at radius 3 is 2.53 bits per heavy atom. The van der Waals surface area contributed by atoms with Crippen LogP contribution in [0.5, 0.6) is 0 Å². The first-order chi connectivity index (χ1) is 7.20. The van der Waals surface area contributed by atoms with E-state index in [1.807, 2.05) is 0 Å². The van der Waals surface area contributed by atoms with Crippen LogP contribution in [0, 0.1) is 5.82 Å². The minimum atomic E-state index is -0.279. The first kappa shape index (κ1) is 9.51. The van der Waals surface area contributed by atoms with E-state index in [0.717, 1.165) is 5.69 Å². The van der Waals surface area contributed by atoms with Gasteiger partial charge in [0.25, 0.3) is 0 Å². The molecule has 15 heavy (non-hydrogen) atoms. The van der Waals surface area contributed by atoms with Gasteiger partial charge in [0.05, 0.1) is 5.69 Å². The molecule has 5 heteroatoms. The highest BCUT2D eigenvalue weighted by Gasteiger charge is 2.05. The molecule has 0 saturated heterocycles. The van der Waals surface area contributed by atoms with Crippen LogP contribution >= 0.6 is 0 Å². The molecule has 2 rings (SSSR count). The van der Waals surface area contributed by atoms with Gasteiger partial charge in [0.2, 0.25) is 0 Å². The number of hydrogen-bond acceptors (Lipinski definition) is 3. The molecule has 2 aromatic rings. The van der Waals surface area contributed by atoms with Crippen molar-refractivity contribution in [2.24, 2.45) is 0 Å². The SMILES string of the molecule is CNc1cc(N)n(-c2ccc(F)cc2)n1. The first-order valence-corrected chi connectivity index (χ1v) is 4.50. The smallest absolute Gasteiger partial charge is 0.150 e. The molecule has 0 unspecified atom stereocenters. The third kappa shape index (κ3) is 1.76. The molecule has 0 aliphatic heterocycles. The van der Waals surface area contributed by atoms with Gasteiger partial charge in [0, 0.05) is 13.1 Å². The predicted octanol–water partition coefficient (Wildman–Crippen LogP) is 1.64. The molecule has 1 heterocycles. The standard InChI is InChI=1S/C10H11FN4/c1-13-10-6-9(12)15(14-10)8-4-2-7(11)3-5-8/h2-6H,12H2,1H3,(H,13,14). The van der Waals surface area contributed by atoms with Gasteiger partial charge in [-0.15, -0.1) is 5.10 Å². The van der Waals surface area contributed by atoms with Gasteiger partial charge in [-0.3, -0.25) is 0 Å². The van der Waals surface area contributed by atoms with Crippen molar-refractivity contribution in [2.45, 2.75) is 0 Å². The number of nitrogens with one attached hydrogen (secondary N) is 1. The Labute approximate surface area is 86.5 Å². The van der Waals surface area contributed by atoms with Crippen LogP contribution in [0.25, 0.3) is 5.69 Å². The van der Waals surface area contributed by atoms with Crippen molar-refractivity contribution >= 4 is 11.6 Å². The number of nitrogens with two attached hydrogens (primary N) is 1. The molecule has 0 saturated carbocycles. The largest absolute Gasteiger partial charge is 0.384 e. The lowest BCUT2D eigenvalue weighted by molar-refractivity contribution is 0.627. The Hall–Kier alpha value is -2.04. The molecule has 0 spiro atoms. The van der Waals surface area contributed by atoms with Crippen LogP contribution in [0.15, 0.2) is 30.3 Å². The molecule has 0 aliphatic carbocycles. The van der Waals surface area contributed by atoms with Crippen molar-refractivity contribution in [2.75, 3.05) is 18.1 Å². The summed E-state index contributed by atoms with van der Waals surface area (Å²) in [6, 6.07) is 7.70. The summed E-state index contributed by atoms with van der Waals surface area (Å²) in [5.41, 5.74) is 6.49. The zero-order chi connectivity index (χ0) is 10.8. The van der Waals surface area contributed by atoms with E-state index < -0.39 is 0 Å². The van der Waals surface area contributed by atoms with Crippen molar-refractivity contribution in [3.8, 4) is 5.69 Å². The Bertz CT molecular complexity index is 461. The molecule has 0 amide bonds. The Balaban J connectivity index is 2.44. The molecule has 1 aromatic heterocycles. The fourth-order valence-corrected chi connectivity index (χ4v) is 1.31. The van der Waals surface area contributed by atoms with E-state index in [0.29, 0.717) is 11.6 Å². The number of rotatable bonds is 2. The number of aromatic nitrogens is 2. The van der Waals surface area contributed by atoms with Gasteiger partial charge in [-0.25, -0.2) is 9.07 Å². The third-order valence-corrected chi connectivity index (χ3v) is 2.06. The van der Waals surface area contributed by atoms with Gasteiger partial charge in [0.15, 0.2) is 0 Å². The van der Waals surface area contributed by atoms with Crippen LogP contribution in [0.2, 0.25) is 0 Å². The van der Waals surface area contributed by atoms with Crippen LogP contribution < -0.4 is 11.1 Å². The summed E-state index contributed by atoms with van der Waals surface area (Å²) in [6.45, 7) is 0. The zero-order valence-electron chi connectivity index (χ0n) is 8.24. The maximum atomic E-state index is 12.7. The van der Waals surface area contributed by atoms with Gasteiger partial charge in [-0.2, -0.15) is 0 Å². The second-order valence-corrected chi connectivity index (χ2v) is 3.09. The quantitative estimate of drug-likeness (QED) is 0.785. The summed E-state index contributed by atoms with van der Waals surface area (Å²) in [5, 5.41) is 7.07. The fraction of sp³-hybridized carbons (Fsp3) is 0.100. The summed E-state index contributed by atoms with van der Waals surface area (Å²) in [5.74, 6) is 0.904. The third-order valence-electron chi connectivity index (χ3n) is 2.06. The number of anilines is 2. The number of nitrogens with zero attached hydrogens (tertiary/aromatic N) is 2. The summed E-state index contributed by atoms with van der Waals surface area (Å²) >= 11 is 0. The van der Waals surface area contributed by atoms with E-state index in [-0.39, 0.29) is 5.82 Å². The summed E-state index contributed by atoms with van der Waals surface area (Å²) in [6.07, 6.45) is 0. The Morgan fingerprint density at radius 1 is 1.33 bits per heavy atom. The molecule has 78 valence electrons. The molecule has 0 atom stereocenters. The van der Waals surface area contributed by atoms with Gasteiger partial charge >= 0.3 is 0 Å². The number of halogens is 1. The average Bonchev–Trinajstić information content (AvgIpc) is 2.61. The molecular weight excluding hydrogens is 195 g/mol. The summed E-state index contributed by atoms with van der Waals surface area (Å²) in [4.78, 5) is 0. The second kappa shape index (κ2) is 3.61. The van der Waals surface area contributed by atoms with Gasteiger partial charge < -0.3 is 11.1 Å². The lowest BCUT2D eigenvalue weighted by Gasteiger charge is -2.02. The highest BCUT2D eigenvalue weighted by Crippen LogP contribution is 2.17.